The van der Waals surface area contributed by atoms with Crippen molar-refractivity contribution in [1.29, 1.82) is 0 Å². The summed E-state index contributed by atoms with van der Waals surface area (Å²) < 4.78 is 7.63. The molecule has 0 aliphatic rings. The minimum Gasteiger partial charge on any atom is -0.367 e. The highest BCUT2D eigenvalue weighted by molar-refractivity contribution is 9.10. The Morgan fingerprint density at radius 2 is 2.00 bits per heavy atom. The fraction of sp³-hybridized carbons (Fsp3) is 0.727. The molecule has 0 unspecified atom stereocenters. The molecule has 0 amide bonds. The third kappa shape index (κ3) is 2.57. The minimum absolute atomic E-state index is 0.0660. The number of hydrogen-bond acceptors (Lipinski definition) is 4. The quantitative estimate of drug-likeness (QED) is 0.757. The molecule has 5 nitrogen and oxygen atoms in total. The molecule has 0 aliphatic heterocycles. The first-order valence-corrected chi connectivity index (χ1v) is 6.55. The van der Waals surface area contributed by atoms with Crippen LogP contribution in [0.25, 0.3) is 0 Å². The van der Waals surface area contributed by atoms with Crippen LogP contribution in [0.4, 0.5) is 0 Å². The van der Waals surface area contributed by atoms with Crippen molar-refractivity contribution in [2.24, 2.45) is 7.05 Å². The second kappa shape index (κ2) is 5.73. The zero-order chi connectivity index (χ0) is 13.1. The van der Waals surface area contributed by atoms with E-state index in [1.165, 1.54) is 4.68 Å². The van der Waals surface area contributed by atoms with Crippen LogP contribution in [-0.2, 0) is 11.8 Å². The van der Waals surface area contributed by atoms with Gasteiger partial charge < -0.3 is 4.74 Å². The number of aryl methyl sites for hydroxylation is 1. The molecular weight excluding hydrogens is 286 g/mol. The largest absolute Gasteiger partial charge is 0.367 e. The van der Waals surface area contributed by atoms with Crippen LogP contribution in [0, 0.1) is 0 Å². The minimum atomic E-state index is -0.771. The van der Waals surface area contributed by atoms with Crippen molar-refractivity contribution in [3.05, 3.63) is 10.3 Å². The summed E-state index contributed by atoms with van der Waals surface area (Å²) in [4.78, 5) is 12.6. The van der Waals surface area contributed by atoms with Crippen molar-refractivity contribution in [2.45, 2.75) is 39.2 Å². The second-order valence-electron chi connectivity index (χ2n) is 3.82. The maximum atomic E-state index is 12.6. The molecule has 0 aromatic carbocycles. The predicted molar refractivity (Wildman–Crippen MR) is 68.0 cm³/mol. The average Bonchev–Trinajstić information content (AvgIpc) is 2.65. The van der Waals surface area contributed by atoms with Crippen LogP contribution in [0.5, 0.6) is 0 Å². The molecule has 0 radical (unpaired) electrons. The van der Waals surface area contributed by atoms with Crippen LogP contribution in [0.1, 0.15) is 44.1 Å². The Hall–Kier alpha value is -0.750. The maximum Gasteiger partial charge on any atom is 0.215 e. The molecule has 1 rings (SSSR count). The van der Waals surface area contributed by atoms with Gasteiger partial charge in [-0.1, -0.05) is 19.1 Å². The van der Waals surface area contributed by atoms with Crippen molar-refractivity contribution in [1.82, 2.24) is 15.0 Å². The van der Waals surface area contributed by atoms with E-state index in [0.29, 0.717) is 29.7 Å². The summed E-state index contributed by atoms with van der Waals surface area (Å²) in [6, 6.07) is 0. The first kappa shape index (κ1) is 14.3. The van der Waals surface area contributed by atoms with E-state index in [-0.39, 0.29) is 5.78 Å². The van der Waals surface area contributed by atoms with Gasteiger partial charge in [0.15, 0.2) is 4.60 Å². The Kier molecular flexibility index (Phi) is 4.82. The molecule has 1 aromatic rings. The molecule has 0 saturated heterocycles. The molecule has 96 valence electrons. The molecule has 0 fully saturated rings. The molecule has 0 aliphatic carbocycles. The van der Waals surface area contributed by atoms with Gasteiger partial charge in [0.1, 0.15) is 11.3 Å². The maximum absolute atomic E-state index is 12.6. The van der Waals surface area contributed by atoms with E-state index in [0.717, 1.165) is 0 Å². The number of rotatable bonds is 6. The van der Waals surface area contributed by atoms with Gasteiger partial charge in [0.2, 0.25) is 5.78 Å². The highest BCUT2D eigenvalue weighted by atomic mass is 79.9. The van der Waals surface area contributed by atoms with Crippen LogP contribution in [0.2, 0.25) is 0 Å². The van der Waals surface area contributed by atoms with Crippen LogP contribution in [-0.4, -0.2) is 33.0 Å². The Morgan fingerprint density at radius 3 is 2.35 bits per heavy atom. The molecule has 0 saturated carbocycles. The van der Waals surface area contributed by atoms with Gasteiger partial charge in [-0.15, -0.1) is 5.10 Å². The molecule has 1 aromatic heterocycles. The van der Waals surface area contributed by atoms with Crippen LogP contribution in [0.15, 0.2) is 4.60 Å². The van der Waals surface area contributed by atoms with Gasteiger partial charge in [0.05, 0.1) is 0 Å². The lowest BCUT2D eigenvalue weighted by molar-refractivity contribution is -0.0257. The number of Topliss-reactive ketones (excluding diaryl/α,β-unsaturated/α-hetero) is 1. The fourth-order valence-corrected chi connectivity index (χ4v) is 2.41. The van der Waals surface area contributed by atoms with Crippen LogP contribution < -0.4 is 0 Å². The number of carbonyl (C=O) groups excluding carboxylic acids is 1. The monoisotopic (exact) mass is 303 g/mol. The van der Waals surface area contributed by atoms with Crippen molar-refractivity contribution >= 4 is 21.7 Å². The summed E-state index contributed by atoms with van der Waals surface area (Å²) in [6.45, 7) is 6.31. The summed E-state index contributed by atoms with van der Waals surface area (Å²) >= 11 is 3.25. The van der Waals surface area contributed by atoms with Crippen LogP contribution in [0.3, 0.4) is 0 Å². The van der Waals surface area contributed by atoms with Gasteiger partial charge in [-0.2, -0.15) is 0 Å². The smallest absolute Gasteiger partial charge is 0.215 e. The van der Waals surface area contributed by atoms with Gasteiger partial charge >= 0.3 is 0 Å². The number of aromatic nitrogens is 3. The number of halogens is 1. The van der Waals surface area contributed by atoms with Gasteiger partial charge in [-0.3, -0.25) is 4.79 Å². The molecule has 6 heteroatoms. The zero-order valence-electron chi connectivity index (χ0n) is 10.7. The second-order valence-corrected chi connectivity index (χ2v) is 4.57. The SMILES string of the molecule is CCOC(CC)(CC)C(=O)c1c(Br)nnn1C. The Morgan fingerprint density at radius 1 is 1.41 bits per heavy atom. The fourth-order valence-electron chi connectivity index (χ4n) is 1.91. The Balaban J connectivity index is 3.16. The first-order valence-electron chi connectivity index (χ1n) is 5.76. The summed E-state index contributed by atoms with van der Waals surface area (Å²) in [5, 5.41) is 7.66. The number of nitrogens with zero attached hydrogens (tertiary/aromatic N) is 3. The molecule has 0 spiro atoms. The molecule has 0 bridgehead atoms. The van der Waals surface area contributed by atoms with Crippen molar-refractivity contribution < 1.29 is 9.53 Å². The van der Waals surface area contributed by atoms with E-state index in [2.05, 4.69) is 26.2 Å². The number of ketones is 1. The van der Waals surface area contributed by atoms with Gasteiger partial charge in [0, 0.05) is 13.7 Å². The van der Waals surface area contributed by atoms with Crippen LogP contribution >= 0.6 is 15.9 Å². The van der Waals surface area contributed by atoms with E-state index in [4.69, 9.17) is 4.74 Å². The standard InChI is InChI=1S/C11H18BrN3O2/c1-5-11(6-2,17-7-3)9(16)8-10(12)13-14-15(8)4/h5-7H2,1-4H3. The summed E-state index contributed by atoms with van der Waals surface area (Å²) in [7, 11) is 1.70. The van der Waals surface area contributed by atoms with E-state index in [9.17, 15) is 4.79 Å². The third-order valence-corrected chi connectivity index (χ3v) is 3.51. The molecule has 0 N–H and O–H groups in total. The first-order chi connectivity index (χ1) is 8.02. The van der Waals surface area contributed by atoms with E-state index in [1.54, 1.807) is 7.05 Å². The Bertz CT molecular complexity index is 380. The van der Waals surface area contributed by atoms with E-state index in [1.807, 2.05) is 20.8 Å². The summed E-state index contributed by atoms with van der Waals surface area (Å²) in [5.74, 6) is -0.0660. The van der Waals surface area contributed by atoms with Gasteiger partial charge in [-0.05, 0) is 35.7 Å². The molecule has 1 heterocycles. The average molecular weight is 304 g/mol. The van der Waals surface area contributed by atoms with Crippen molar-refractivity contribution in [2.75, 3.05) is 6.61 Å². The lowest BCUT2D eigenvalue weighted by Gasteiger charge is -2.29. The van der Waals surface area contributed by atoms with E-state index >= 15 is 0 Å². The molecule has 17 heavy (non-hydrogen) atoms. The highest BCUT2D eigenvalue weighted by Crippen LogP contribution is 2.28. The van der Waals surface area contributed by atoms with Gasteiger partial charge in [-0.25, -0.2) is 4.68 Å². The molecular formula is C11H18BrN3O2. The topological polar surface area (TPSA) is 57.0 Å². The highest BCUT2D eigenvalue weighted by Gasteiger charge is 2.39. The van der Waals surface area contributed by atoms with Crippen molar-refractivity contribution in [3.63, 3.8) is 0 Å². The predicted octanol–water partition coefficient (Wildman–Crippen LogP) is 2.36. The normalized spacial score (nSPS) is 11.8. The van der Waals surface area contributed by atoms with E-state index < -0.39 is 5.60 Å². The summed E-state index contributed by atoms with van der Waals surface area (Å²) in [6.07, 6.45) is 1.27. The lowest BCUT2D eigenvalue weighted by atomic mass is 9.90. The number of carbonyl (C=O) groups is 1. The molecule has 0 atom stereocenters. The lowest BCUT2D eigenvalue weighted by Crippen LogP contribution is -2.41. The Labute approximate surface area is 110 Å². The zero-order valence-corrected chi connectivity index (χ0v) is 12.2. The third-order valence-electron chi connectivity index (χ3n) is 2.98. The number of ether oxygens (including phenoxy) is 1. The van der Waals surface area contributed by atoms with Gasteiger partial charge in [0.25, 0.3) is 0 Å². The number of hydrogen-bond donors (Lipinski definition) is 0. The summed E-state index contributed by atoms with van der Waals surface area (Å²) in [5.41, 5.74) is -0.311. The van der Waals surface area contributed by atoms with Crippen molar-refractivity contribution in [3.8, 4) is 0 Å².